The molecule has 4 rings (SSSR count). The summed E-state index contributed by atoms with van der Waals surface area (Å²) in [5.74, 6) is 2.43. The third-order valence-corrected chi connectivity index (χ3v) is 9.99. The Balaban J connectivity index is 0.000000461. The average Bonchev–Trinajstić information content (AvgIpc) is 3.00. The average molecular weight is 793 g/mol. The van der Waals surface area contributed by atoms with Crippen molar-refractivity contribution in [3.05, 3.63) is 144 Å². The number of rotatable bonds is 7. The van der Waals surface area contributed by atoms with Gasteiger partial charge in [0.05, 0.1) is 0 Å². The van der Waals surface area contributed by atoms with Gasteiger partial charge in [-0.15, -0.1) is 40.5 Å². The van der Waals surface area contributed by atoms with Crippen LogP contribution >= 0.6 is 0 Å². The second-order valence-electron chi connectivity index (χ2n) is 13.1. The van der Waals surface area contributed by atoms with Gasteiger partial charge in [0, 0.05) is 88.8 Å². The van der Waals surface area contributed by atoms with E-state index in [1.54, 1.807) is 0 Å². The zero-order chi connectivity index (χ0) is 34.6. The van der Waals surface area contributed by atoms with Gasteiger partial charge in [-0.3, -0.25) is 6.42 Å². The molecule has 0 heterocycles. The first-order chi connectivity index (χ1) is 21.5. The van der Waals surface area contributed by atoms with Crippen molar-refractivity contribution in [2.24, 2.45) is 0 Å². The molecule has 48 heavy (non-hydrogen) atoms. The van der Waals surface area contributed by atoms with E-state index < -0.39 is 0 Å². The van der Waals surface area contributed by atoms with Gasteiger partial charge in [-0.2, -0.15) is 58.0 Å². The van der Waals surface area contributed by atoms with Crippen molar-refractivity contribution in [1.29, 1.82) is 0 Å². The third kappa shape index (κ3) is 10.7. The Labute approximate surface area is 343 Å². The van der Waals surface area contributed by atoms with E-state index in [2.05, 4.69) is 153 Å². The summed E-state index contributed by atoms with van der Waals surface area (Å²) in [4.78, 5) is 0. The fourth-order valence-corrected chi connectivity index (χ4v) is 5.58. The van der Waals surface area contributed by atoms with Crippen molar-refractivity contribution in [1.82, 2.24) is 0 Å². The molecule has 1 unspecified atom stereocenters. The zero-order valence-corrected chi connectivity index (χ0v) is 38.1. The molecule has 0 saturated heterocycles. The maximum Gasteiger partial charge on any atom is 0.0402 e. The molecule has 4 aromatic carbocycles. The molecule has 0 amide bonds. The Morgan fingerprint density at radius 2 is 0.958 bits per heavy atom. The van der Waals surface area contributed by atoms with Crippen LogP contribution in [0.4, 0.5) is 0 Å². The van der Waals surface area contributed by atoms with E-state index in [-0.39, 0.29) is 71.5 Å². The molecule has 1 atom stereocenters. The first kappa shape index (κ1) is 44.4. The zero-order valence-electron chi connectivity index (χ0n) is 32.4. The van der Waals surface area contributed by atoms with E-state index in [1.807, 2.05) is 6.92 Å². The minimum atomic E-state index is -0.0514. The maximum absolute atomic E-state index is 6.34. The van der Waals surface area contributed by atoms with Gasteiger partial charge in [0.25, 0.3) is 0 Å². The maximum atomic E-state index is 6.34. The number of allylic oxidation sites excluding steroid dienone is 1. The number of aryl methyl sites for hydroxylation is 6. The smallest absolute Gasteiger partial charge is 0.0402 e. The molecule has 0 aliphatic carbocycles. The van der Waals surface area contributed by atoms with Crippen LogP contribution < -0.4 is 9.47 Å². The van der Waals surface area contributed by atoms with E-state index in [0.717, 1.165) is 39.5 Å². The molecule has 252 valence electrons. The van der Waals surface area contributed by atoms with Gasteiger partial charge in [0.1, 0.15) is 0 Å². The molecule has 4 aromatic rings. The fourth-order valence-electron chi connectivity index (χ4n) is 5.58. The van der Waals surface area contributed by atoms with Crippen LogP contribution in [0.15, 0.2) is 30.0 Å². The molecule has 0 aromatic heterocycles. The molecule has 0 aliphatic rings. The number of hydrogen-bond donors (Lipinski definition) is 0. The summed E-state index contributed by atoms with van der Waals surface area (Å²) in [6, 6.07) is 15.5. The van der Waals surface area contributed by atoms with E-state index in [4.69, 9.17) is 9.47 Å². The monoisotopic (exact) mass is 792 g/mol. The van der Waals surface area contributed by atoms with E-state index in [9.17, 15) is 0 Å². The van der Waals surface area contributed by atoms with Crippen LogP contribution in [0.25, 0.3) is 0 Å². The molecular formula is C44H54O2Y2-4. The van der Waals surface area contributed by atoms with Gasteiger partial charge in [0.15, 0.2) is 0 Å². The molecular weight excluding hydrogens is 738 g/mol. The van der Waals surface area contributed by atoms with Crippen molar-refractivity contribution in [2.75, 3.05) is 0 Å². The van der Waals surface area contributed by atoms with Crippen molar-refractivity contribution in [3.8, 4) is 11.5 Å². The second kappa shape index (κ2) is 19.1. The van der Waals surface area contributed by atoms with Crippen LogP contribution in [0.3, 0.4) is 0 Å². The molecule has 0 N–H and O–H groups in total. The molecule has 2 radical (unpaired) electrons. The van der Waals surface area contributed by atoms with E-state index in [1.165, 1.54) is 66.8 Å². The minimum absolute atomic E-state index is 0. The van der Waals surface area contributed by atoms with Crippen molar-refractivity contribution >= 4 is 0 Å². The summed E-state index contributed by atoms with van der Waals surface area (Å²) >= 11 is 0. The third-order valence-electron chi connectivity index (χ3n) is 9.99. The second-order valence-corrected chi connectivity index (χ2v) is 13.1. The summed E-state index contributed by atoms with van der Waals surface area (Å²) in [5.41, 5.74) is 19.9. The Morgan fingerprint density at radius 3 is 1.40 bits per heavy atom. The minimum Gasteiger partial charge on any atom is -0.543 e. The van der Waals surface area contributed by atoms with Gasteiger partial charge >= 0.3 is 0 Å². The Kier molecular flexibility index (Phi) is 17.7. The van der Waals surface area contributed by atoms with Gasteiger partial charge in [-0.25, -0.2) is 0 Å². The number of benzene rings is 4. The van der Waals surface area contributed by atoms with Gasteiger partial charge in [-0.1, -0.05) is 86.9 Å². The SMILES string of the molecule is CC(=[C-]c1cc(C)c(C)c(C)c1)Oc1[c-]c(C)c(C)c(C)c1C.C[CH-]C(Oc1[c-]c(C)c(C)c(C)c1C)c1cc(C)c(C)c(C)c1.[Y].[Y]. The largest absolute Gasteiger partial charge is 0.543 e. The Morgan fingerprint density at radius 1 is 0.562 bits per heavy atom. The number of ether oxygens (including phenoxy) is 2. The molecule has 2 nitrogen and oxygen atoms in total. The molecule has 0 fully saturated rings. The summed E-state index contributed by atoms with van der Waals surface area (Å²) in [6.45, 7) is 33.9. The normalized spacial score (nSPS) is 11.5. The van der Waals surface area contributed by atoms with Gasteiger partial charge in [0.2, 0.25) is 0 Å². The van der Waals surface area contributed by atoms with Crippen LogP contribution in [0.2, 0.25) is 0 Å². The first-order valence-corrected chi connectivity index (χ1v) is 16.4. The summed E-state index contributed by atoms with van der Waals surface area (Å²) in [5, 5.41) is 0. The molecule has 0 spiro atoms. The Bertz CT molecular complexity index is 1730. The summed E-state index contributed by atoms with van der Waals surface area (Å²) in [6.07, 6.45) is 5.42. The van der Waals surface area contributed by atoms with Crippen molar-refractivity contribution < 1.29 is 74.9 Å². The van der Waals surface area contributed by atoms with Gasteiger partial charge < -0.3 is 9.47 Å². The molecule has 4 heteroatoms. The van der Waals surface area contributed by atoms with Crippen LogP contribution in [0.1, 0.15) is 109 Å². The van der Waals surface area contributed by atoms with Crippen LogP contribution in [0.5, 0.6) is 11.5 Å². The topological polar surface area (TPSA) is 18.5 Å². The van der Waals surface area contributed by atoms with Crippen LogP contribution in [0, 0.1) is 122 Å². The van der Waals surface area contributed by atoms with Crippen LogP contribution in [-0.4, -0.2) is 0 Å². The van der Waals surface area contributed by atoms with E-state index >= 15 is 0 Å². The predicted molar refractivity (Wildman–Crippen MR) is 195 cm³/mol. The predicted octanol–water partition coefficient (Wildman–Crippen LogP) is 11.8. The Hall–Kier alpha value is -1.57. The van der Waals surface area contributed by atoms with Crippen molar-refractivity contribution in [3.63, 3.8) is 0 Å². The van der Waals surface area contributed by atoms with Crippen molar-refractivity contribution in [2.45, 2.75) is 117 Å². The standard InChI is InChI=1S/C22H26O.C22H28O.2Y/c1-13-9-21(10-14(2)17(13)5)12-16(4)23-22-11-15(3)18(6)19(7)20(22)8;1-9-21(20-10-13(2)16(5)14(3)11-20)23-22-12-15(4)17(6)18(7)19(22)8;;/h9-10H,1-8H3;9-11,21H,1-8H3;;/q2*-2;;. The fraction of sp³-hybridized carbons (Fsp3) is 0.386. The molecule has 0 aliphatic heterocycles. The molecule has 0 bridgehead atoms. The van der Waals surface area contributed by atoms with E-state index in [0.29, 0.717) is 0 Å². The number of hydrogen-bond acceptors (Lipinski definition) is 2. The van der Waals surface area contributed by atoms with Crippen LogP contribution in [-0.2, 0) is 65.4 Å². The summed E-state index contributed by atoms with van der Waals surface area (Å²) < 4.78 is 12.4. The van der Waals surface area contributed by atoms with Gasteiger partial charge in [-0.05, 0) is 56.9 Å². The molecule has 0 saturated carbocycles. The summed E-state index contributed by atoms with van der Waals surface area (Å²) in [7, 11) is 0. The first-order valence-electron chi connectivity index (χ1n) is 16.4. The quantitative estimate of drug-likeness (QED) is 0.137.